The van der Waals surface area contributed by atoms with Crippen LogP contribution in [0.5, 0.6) is 0 Å². The molecule has 0 aromatic carbocycles. The van der Waals surface area contributed by atoms with Gasteiger partial charge in [-0.15, -0.1) is 11.3 Å². The Labute approximate surface area is 112 Å². The first-order chi connectivity index (χ1) is 8.04. The molecular formula is C13H20ClNOS. The van der Waals surface area contributed by atoms with Crippen LogP contribution < -0.4 is 5.73 Å². The van der Waals surface area contributed by atoms with Crippen LogP contribution in [0.15, 0.2) is 12.1 Å². The second kappa shape index (κ2) is 7.14. The van der Waals surface area contributed by atoms with Crippen LogP contribution in [-0.4, -0.2) is 12.3 Å². The monoisotopic (exact) mass is 273 g/mol. The molecule has 1 rings (SSSR count). The van der Waals surface area contributed by atoms with Crippen LogP contribution in [0.2, 0.25) is 4.34 Å². The van der Waals surface area contributed by atoms with Crippen molar-refractivity contribution >= 4 is 28.7 Å². The summed E-state index contributed by atoms with van der Waals surface area (Å²) in [5.41, 5.74) is 5.59. The number of hydrogen-bond acceptors (Lipinski definition) is 3. The highest BCUT2D eigenvalue weighted by atomic mass is 35.5. The first-order valence-electron chi connectivity index (χ1n) is 6.03. The number of thiophene rings is 1. The zero-order valence-corrected chi connectivity index (χ0v) is 12.0. The maximum Gasteiger partial charge on any atom is 0.172 e. The Morgan fingerprint density at radius 3 is 2.59 bits per heavy atom. The number of rotatable bonds is 7. The average molecular weight is 274 g/mol. The molecule has 2 N–H and O–H groups in total. The minimum absolute atomic E-state index is 0.199. The van der Waals surface area contributed by atoms with E-state index in [0.717, 1.165) is 17.7 Å². The Kier molecular flexibility index (Phi) is 6.17. The van der Waals surface area contributed by atoms with Gasteiger partial charge in [0.15, 0.2) is 5.78 Å². The molecule has 0 bridgehead atoms. The van der Waals surface area contributed by atoms with Crippen molar-refractivity contribution in [2.24, 2.45) is 17.6 Å². The van der Waals surface area contributed by atoms with Crippen molar-refractivity contribution in [1.82, 2.24) is 0 Å². The summed E-state index contributed by atoms with van der Waals surface area (Å²) in [7, 11) is 0. The minimum Gasteiger partial charge on any atom is -0.330 e. The smallest absolute Gasteiger partial charge is 0.172 e. The Bertz CT molecular complexity index is 362. The van der Waals surface area contributed by atoms with E-state index in [9.17, 15) is 4.79 Å². The van der Waals surface area contributed by atoms with Crippen molar-refractivity contribution in [3.05, 3.63) is 21.3 Å². The highest BCUT2D eigenvalue weighted by molar-refractivity contribution is 7.18. The number of hydrogen-bond donors (Lipinski definition) is 1. The van der Waals surface area contributed by atoms with Crippen LogP contribution in [0.25, 0.3) is 0 Å². The standard InChI is InChI=1S/C13H20ClNOS/c1-9(2)10(7-8-15)3-4-11(16)12-5-6-13(14)17-12/h5-6,9-10H,3-4,7-8,15H2,1-2H3. The molecular weight excluding hydrogens is 254 g/mol. The average Bonchev–Trinajstić information content (AvgIpc) is 2.70. The third-order valence-electron chi connectivity index (χ3n) is 3.07. The van der Waals surface area contributed by atoms with Gasteiger partial charge in [-0.1, -0.05) is 25.4 Å². The van der Waals surface area contributed by atoms with Gasteiger partial charge in [0.05, 0.1) is 9.21 Å². The summed E-state index contributed by atoms with van der Waals surface area (Å²) in [6.07, 6.45) is 2.51. The fourth-order valence-electron chi connectivity index (χ4n) is 1.93. The molecule has 1 heterocycles. The second-order valence-corrected chi connectivity index (χ2v) is 6.36. The summed E-state index contributed by atoms with van der Waals surface area (Å²) >= 11 is 7.18. The van der Waals surface area contributed by atoms with E-state index in [-0.39, 0.29) is 5.78 Å². The molecule has 1 unspecified atom stereocenters. The lowest BCUT2D eigenvalue weighted by molar-refractivity contribution is 0.0973. The molecule has 0 spiro atoms. The molecule has 0 amide bonds. The second-order valence-electron chi connectivity index (χ2n) is 4.65. The third kappa shape index (κ3) is 4.78. The Morgan fingerprint density at radius 2 is 2.12 bits per heavy atom. The quantitative estimate of drug-likeness (QED) is 0.764. The molecule has 0 aliphatic carbocycles. The van der Waals surface area contributed by atoms with E-state index in [1.807, 2.05) is 6.07 Å². The number of ketones is 1. The summed E-state index contributed by atoms with van der Waals surface area (Å²) in [6, 6.07) is 3.59. The van der Waals surface area contributed by atoms with E-state index in [4.69, 9.17) is 17.3 Å². The molecule has 1 aromatic rings. The maximum absolute atomic E-state index is 11.9. The van der Waals surface area contributed by atoms with Crippen LogP contribution in [0.4, 0.5) is 0 Å². The van der Waals surface area contributed by atoms with Crippen LogP contribution in [-0.2, 0) is 0 Å². The Balaban J connectivity index is 2.46. The van der Waals surface area contributed by atoms with Gasteiger partial charge in [0, 0.05) is 6.42 Å². The van der Waals surface area contributed by atoms with E-state index in [1.54, 1.807) is 6.07 Å². The molecule has 1 aromatic heterocycles. The molecule has 96 valence electrons. The first kappa shape index (κ1) is 14.7. The number of Topliss-reactive ketones (excluding diaryl/α,β-unsaturated/α-hetero) is 1. The van der Waals surface area contributed by atoms with E-state index >= 15 is 0 Å². The van der Waals surface area contributed by atoms with Crippen LogP contribution in [0.1, 0.15) is 42.8 Å². The molecule has 0 fully saturated rings. The van der Waals surface area contributed by atoms with Gasteiger partial charge >= 0.3 is 0 Å². The number of carbonyl (C=O) groups excluding carboxylic acids is 1. The van der Waals surface area contributed by atoms with Gasteiger partial charge in [-0.3, -0.25) is 4.79 Å². The molecule has 1 atom stereocenters. The summed E-state index contributed by atoms with van der Waals surface area (Å²) < 4.78 is 0.677. The van der Waals surface area contributed by atoms with Gasteiger partial charge in [-0.05, 0) is 43.4 Å². The molecule has 0 saturated carbocycles. The molecule has 4 heteroatoms. The highest BCUT2D eigenvalue weighted by Gasteiger charge is 2.16. The Morgan fingerprint density at radius 1 is 1.41 bits per heavy atom. The minimum atomic E-state index is 0.199. The van der Waals surface area contributed by atoms with Crippen LogP contribution in [0.3, 0.4) is 0 Å². The van der Waals surface area contributed by atoms with Crippen LogP contribution >= 0.6 is 22.9 Å². The third-order valence-corrected chi connectivity index (χ3v) is 4.34. The van der Waals surface area contributed by atoms with Gasteiger partial charge in [0.25, 0.3) is 0 Å². The lowest BCUT2D eigenvalue weighted by atomic mass is 9.87. The van der Waals surface area contributed by atoms with Gasteiger partial charge < -0.3 is 5.73 Å². The van der Waals surface area contributed by atoms with E-state index in [0.29, 0.717) is 29.1 Å². The maximum atomic E-state index is 11.9. The fraction of sp³-hybridized carbons (Fsp3) is 0.615. The van der Waals surface area contributed by atoms with Crippen molar-refractivity contribution in [3.8, 4) is 0 Å². The normalized spacial score (nSPS) is 13.0. The topological polar surface area (TPSA) is 43.1 Å². The fourth-order valence-corrected chi connectivity index (χ4v) is 2.94. The molecule has 0 aliphatic heterocycles. The summed E-state index contributed by atoms with van der Waals surface area (Å²) in [4.78, 5) is 12.7. The van der Waals surface area contributed by atoms with Gasteiger partial charge in [-0.2, -0.15) is 0 Å². The predicted molar refractivity (Wildman–Crippen MR) is 74.9 cm³/mol. The van der Waals surface area contributed by atoms with Gasteiger partial charge in [0.2, 0.25) is 0 Å². The number of carbonyl (C=O) groups is 1. The highest BCUT2D eigenvalue weighted by Crippen LogP contribution is 2.25. The lowest BCUT2D eigenvalue weighted by Crippen LogP contribution is -2.15. The van der Waals surface area contributed by atoms with Gasteiger partial charge in [-0.25, -0.2) is 0 Å². The zero-order chi connectivity index (χ0) is 12.8. The van der Waals surface area contributed by atoms with Crippen molar-refractivity contribution in [1.29, 1.82) is 0 Å². The van der Waals surface area contributed by atoms with Gasteiger partial charge in [0.1, 0.15) is 0 Å². The number of halogens is 1. The van der Waals surface area contributed by atoms with E-state index < -0.39 is 0 Å². The molecule has 2 nitrogen and oxygen atoms in total. The van der Waals surface area contributed by atoms with E-state index in [1.165, 1.54) is 11.3 Å². The first-order valence-corrected chi connectivity index (χ1v) is 7.22. The van der Waals surface area contributed by atoms with Crippen LogP contribution in [0, 0.1) is 11.8 Å². The lowest BCUT2D eigenvalue weighted by Gasteiger charge is -2.19. The zero-order valence-electron chi connectivity index (χ0n) is 10.4. The largest absolute Gasteiger partial charge is 0.330 e. The summed E-state index contributed by atoms with van der Waals surface area (Å²) in [5, 5.41) is 0. The summed E-state index contributed by atoms with van der Waals surface area (Å²) in [6.45, 7) is 5.07. The van der Waals surface area contributed by atoms with Crippen molar-refractivity contribution in [3.63, 3.8) is 0 Å². The predicted octanol–water partition coefficient (Wildman–Crippen LogP) is 3.99. The SMILES string of the molecule is CC(C)C(CCN)CCC(=O)c1ccc(Cl)s1. The number of nitrogens with two attached hydrogens (primary N) is 1. The molecule has 0 aliphatic rings. The molecule has 0 radical (unpaired) electrons. The Hall–Kier alpha value is -0.380. The van der Waals surface area contributed by atoms with Crippen molar-refractivity contribution < 1.29 is 4.79 Å². The molecule has 0 saturated heterocycles. The van der Waals surface area contributed by atoms with Crippen molar-refractivity contribution in [2.75, 3.05) is 6.54 Å². The van der Waals surface area contributed by atoms with Crippen molar-refractivity contribution in [2.45, 2.75) is 33.1 Å². The molecule has 17 heavy (non-hydrogen) atoms. The van der Waals surface area contributed by atoms with E-state index in [2.05, 4.69) is 13.8 Å². The summed E-state index contributed by atoms with van der Waals surface area (Å²) in [5.74, 6) is 1.32.